The lowest BCUT2D eigenvalue weighted by molar-refractivity contribution is 0.0945. The van der Waals surface area contributed by atoms with Crippen LogP contribution in [0.3, 0.4) is 0 Å². The Kier molecular flexibility index (Phi) is 6.61. The van der Waals surface area contributed by atoms with E-state index in [9.17, 15) is 4.79 Å². The molecule has 28 heavy (non-hydrogen) atoms. The standard InChI is InChI=1S/C23H27N3O2/c1-17(2)26(14-20-12-8-7-9-18(20)3)15-22-25-21(16-28-22)23(27)24-13-19-10-5-4-6-11-19/h4-12,16-17H,13-15H2,1-3H3,(H,24,27). The zero-order valence-corrected chi connectivity index (χ0v) is 16.7. The first-order chi connectivity index (χ1) is 13.5. The molecule has 0 unspecified atom stereocenters. The Morgan fingerprint density at radius 1 is 1.07 bits per heavy atom. The van der Waals surface area contributed by atoms with E-state index < -0.39 is 0 Å². The monoisotopic (exact) mass is 377 g/mol. The van der Waals surface area contributed by atoms with Crippen molar-refractivity contribution in [3.63, 3.8) is 0 Å². The van der Waals surface area contributed by atoms with E-state index in [1.165, 1.54) is 17.4 Å². The van der Waals surface area contributed by atoms with Crippen LogP contribution in [0.1, 0.15) is 46.9 Å². The van der Waals surface area contributed by atoms with E-state index in [1.807, 2.05) is 36.4 Å². The molecule has 0 spiro atoms. The van der Waals surface area contributed by atoms with Crippen molar-refractivity contribution in [1.29, 1.82) is 0 Å². The first-order valence-corrected chi connectivity index (χ1v) is 9.58. The van der Waals surface area contributed by atoms with Crippen molar-refractivity contribution < 1.29 is 9.21 Å². The van der Waals surface area contributed by atoms with E-state index in [0.717, 1.165) is 12.1 Å². The SMILES string of the molecule is Cc1ccccc1CN(Cc1nc(C(=O)NCc2ccccc2)co1)C(C)C. The Balaban J connectivity index is 1.61. The Morgan fingerprint density at radius 3 is 2.50 bits per heavy atom. The van der Waals surface area contributed by atoms with Crippen LogP contribution in [0, 0.1) is 6.92 Å². The molecule has 0 saturated carbocycles. The zero-order valence-electron chi connectivity index (χ0n) is 16.7. The van der Waals surface area contributed by atoms with Crippen molar-refractivity contribution in [2.45, 2.75) is 46.4 Å². The number of aryl methyl sites for hydroxylation is 1. The van der Waals surface area contributed by atoms with Crippen LogP contribution in [0.4, 0.5) is 0 Å². The van der Waals surface area contributed by atoms with Gasteiger partial charge in [-0.2, -0.15) is 0 Å². The molecule has 1 aromatic heterocycles. The number of hydrogen-bond acceptors (Lipinski definition) is 4. The lowest BCUT2D eigenvalue weighted by Crippen LogP contribution is -2.30. The van der Waals surface area contributed by atoms with Gasteiger partial charge in [-0.3, -0.25) is 9.69 Å². The summed E-state index contributed by atoms with van der Waals surface area (Å²) in [7, 11) is 0. The van der Waals surface area contributed by atoms with Gasteiger partial charge in [-0.25, -0.2) is 4.98 Å². The molecule has 0 bridgehead atoms. The lowest BCUT2D eigenvalue weighted by atomic mass is 10.1. The average Bonchev–Trinajstić information content (AvgIpc) is 3.16. The molecule has 5 heteroatoms. The van der Waals surface area contributed by atoms with Gasteiger partial charge in [0.1, 0.15) is 6.26 Å². The van der Waals surface area contributed by atoms with Crippen LogP contribution in [0.25, 0.3) is 0 Å². The molecular weight excluding hydrogens is 350 g/mol. The van der Waals surface area contributed by atoms with E-state index >= 15 is 0 Å². The van der Waals surface area contributed by atoms with E-state index in [-0.39, 0.29) is 5.91 Å². The molecule has 0 aliphatic heterocycles. The number of hydrogen-bond donors (Lipinski definition) is 1. The number of amides is 1. The second kappa shape index (κ2) is 9.33. The second-order valence-corrected chi connectivity index (χ2v) is 7.22. The molecule has 0 atom stereocenters. The highest BCUT2D eigenvalue weighted by Gasteiger charge is 2.17. The van der Waals surface area contributed by atoms with Gasteiger partial charge in [0.05, 0.1) is 6.54 Å². The number of benzene rings is 2. The van der Waals surface area contributed by atoms with E-state index in [0.29, 0.717) is 30.7 Å². The van der Waals surface area contributed by atoms with Crippen LogP contribution in [-0.4, -0.2) is 21.8 Å². The molecule has 1 amide bonds. The summed E-state index contributed by atoms with van der Waals surface area (Å²) in [5.41, 5.74) is 3.90. The van der Waals surface area contributed by atoms with Gasteiger partial charge in [0, 0.05) is 19.1 Å². The number of rotatable bonds is 8. The van der Waals surface area contributed by atoms with Crippen molar-refractivity contribution in [2.24, 2.45) is 0 Å². The molecule has 0 saturated heterocycles. The van der Waals surface area contributed by atoms with Crippen LogP contribution < -0.4 is 5.32 Å². The highest BCUT2D eigenvalue weighted by Crippen LogP contribution is 2.16. The number of nitrogens with zero attached hydrogens (tertiary/aromatic N) is 2. The molecule has 146 valence electrons. The zero-order chi connectivity index (χ0) is 19.9. The van der Waals surface area contributed by atoms with Crippen molar-refractivity contribution in [1.82, 2.24) is 15.2 Å². The van der Waals surface area contributed by atoms with E-state index in [2.05, 4.69) is 54.2 Å². The number of nitrogens with one attached hydrogen (secondary N) is 1. The summed E-state index contributed by atoms with van der Waals surface area (Å²) in [4.78, 5) is 19.0. The molecule has 0 radical (unpaired) electrons. The van der Waals surface area contributed by atoms with Gasteiger partial charge in [-0.05, 0) is 37.5 Å². The number of carbonyl (C=O) groups is 1. The molecule has 2 aromatic carbocycles. The largest absolute Gasteiger partial charge is 0.447 e. The van der Waals surface area contributed by atoms with Crippen molar-refractivity contribution >= 4 is 5.91 Å². The smallest absolute Gasteiger partial charge is 0.273 e. The third-order valence-corrected chi connectivity index (χ3v) is 4.78. The van der Waals surface area contributed by atoms with Gasteiger partial charge in [0.2, 0.25) is 5.89 Å². The van der Waals surface area contributed by atoms with Gasteiger partial charge in [0.25, 0.3) is 5.91 Å². The second-order valence-electron chi connectivity index (χ2n) is 7.22. The lowest BCUT2D eigenvalue weighted by Gasteiger charge is -2.25. The molecule has 1 N–H and O–H groups in total. The van der Waals surface area contributed by atoms with Gasteiger partial charge >= 0.3 is 0 Å². The van der Waals surface area contributed by atoms with Gasteiger partial charge in [-0.15, -0.1) is 0 Å². The summed E-state index contributed by atoms with van der Waals surface area (Å²) in [6.07, 6.45) is 1.43. The molecule has 3 aromatic rings. The molecule has 1 heterocycles. The molecule has 0 fully saturated rings. The quantitative estimate of drug-likeness (QED) is 0.635. The molecule has 0 aliphatic carbocycles. The Hall–Kier alpha value is -2.92. The van der Waals surface area contributed by atoms with E-state index in [4.69, 9.17) is 4.42 Å². The van der Waals surface area contributed by atoms with Crippen molar-refractivity contribution in [3.8, 4) is 0 Å². The summed E-state index contributed by atoms with van der Waals surface area (Å²) in [6.45, 7) is 8.24. The van der Waals surface area contributed by atoms with Crippen LogP contribution >= 0.6 is 0 Å². The third kappa shape index (κ3) is 5.30. The van der Waals surface area contributed by atoms with Crippen LogP contribution in [0.15, 0.2) is 65.3 Å². The Labute approximate surface area is 166 Å². The number of carbonyl (C=O) groups excluding carboxylic acids is 1. The summed E-state index contributed by atoms with van der Waals surface area (Å²) >= 11 is 0. The fraction of sp³-hybridized carbons (Fsp3) is 0.304. The Morgan fingerprint density at radius 2 is 1.79 bits per heavy atom. The van der Waals surface area contributed by atoms with Gasteiger partial charge in [-0.1, -0.05) is 54.6 Å². The third-order valence-electron chi connectivity index (χ3n) is 4.78. The Bertz CT molecular complexity index is 903. The predicted molar refractivity (Wildman–Crippen MR) is 110 cm³/mol. The molecule has 5 nitrogen and oxygen atoms in total. The highest BCUT2D eigenvalue weighted by atomic mass is 16.3. The first-order valence-electron chi connectivity index (χ1n) is 9.58. The summed E-state index contributed by atoms with van der Waals surface area (Å²) in [5.74, 6) is 0.320. The fourth-order valence-electron chi connectivity index (χ4n) is 2.96. The van der Waals surface area contributed by atoms with Gasteiger partial charge < -0.3 is 9.73 Å². The summed E-state index contributed by atoms with van der Waals surface area (Å²) in [6, 6.07) is 18.5. The highest BCUT2D eigenvalue weighted by molar-refractivity contribution is 5.91. The van der Waals surface area contributed by atoms with Crippen molar-refractivity contribution in [3.05, 3.63) is 89.1 Å². The minimum absolute atomic E-state index is 0.228. The minimum Gasteiger partial charge on any atom is -0.447 e. The predicted octanol–water partition coefficient (Wildman–Crippen LogP) is 4.32. The topological polar surface area (TPSA) is 58.4 Å². The minimum atomic E-state index is -0.228. The van der Waals surface area contributed by atoms with Crippen LogP contribution in [-0.2, 0) is 19.6 Å². The molecule has 3 rings (SSSR count). The van der Waals surface area contributed by atoms with Gasteiger partial charge in [0.15, 0.2) is 5.69 Å². The average molecular weight is 377 g/mol. The van der Waals surface area contributed by atoms with Crippen molar-refractivity contribution in [2.75, 3.05) is 0 Å². The maximum Gasteiger partial charge on any atom is 0.273 e. The molecule has 0 aliphatic rings. The van der Waals surface area contributed by atoms with Crippen LogP contribution in [0.5, 0.6) is 0 Å². The first kappa shape index (κ1) is 19.8. The maximum absolute atomic E-state index is 12.3. The normalized spacial score (nSPS) is 11.2. The summed E-state index contributed by atoms with van der Waals surface area (Å²) in [5, 5.41) is 2.88. The van der Waals surface area contributed by atoms with Crippen LogP contribution in [0.2, 0.25) is 0 Å². The summed E-state index contributed by atoms with van der Waals surface area (Å²) < 4.78 is 5.57. The molecular formula is C23H27N3O2. The van der Waals surface area contributed by atoms with E-state index in [1.54, 1.807) is 0 Å². The maximum atomic E-state index is 12.3. The fourth-order valence-corrected chi connectivity index (χ4v) is 2.96. The number of oxazole rings is 1. The number of aromatic nitrogens is 1.